The fourth-order valence-corrected chi connectivity index (χ4v) is 8.06. The van der Waals surface area contributed by atoms with E-state index in [0.29, 0.717) is 23.4 Å². The summed E-state index contributed by atoms with van der Waals surface area (Å²) in [6.07, 6.45) is 12.6. The van der Waals surface area contributed by atoms with Crippen molar-refractivity contribution in [2.75, 3.05) is 56.0 Å². The Kier molecular flexibility index (Phi) is 8.75. The minimum Gasteiger partial charge on any atom is -0.391 e. The van der Waals surface area contributed by atoms with Gasteiger partial charge in [-0.15, -0.1) is 0 Å². The summed E-state index contributed by atoms with van der Waals surface area (Å²) in [5.74, 6) is 0.816. The van der Waals surface area contributed by atoms with Gasteiger partial charge in [0.1, 0.15) is 11.4 Å². The number of likely N-dealkylation sites (tertiary alicyclic amines) is 1. The van der Waals surface area contributed by atoms with Crippen molar-refractivity contribution >= 4 is 23.1 Å². The minimum absolute atomic E-state index is 0.00913. The van der Waals surface area contributed by atoms with E-state index in [1.54, 1.807) is 23.1 Å². The molecule has 0 bridgehead atoms. The molecule has 244 valence electrons. The lowest BCUT2D eigenvalue weighted by atomic mass is 9.65. The van der Waals surface area contributed by atoms with Crippen LogP contribution in [0.15, 0.2) is 24.7 Å². The number of carbonyl (C=O) groups is 1. The molecular formula is C32H45F2N9O2. The fraction of sp³-hybridized carbons (Fsp3) is 0.688. The number of nitrogens with one attached hydrogen (secondary N) is 2. The molecule has 1 atom stereocenters. The second-order valence-electron chi connectivity index (χ2n) is 13.7. The smallest absolute Gasteiger partial charge is 0.284 e. The summed E-state index contributed by atoms with van der Waals surface area (Å²) >= 11 is 0. The first-order valence-electron chi connectivity index (χ1n) is 16.7. The van der Waals surface area contributed by atoms with Crippen molar-refractivity contribution in [1.82, 2.24) is 34.6 Å². The number of halogens is 2. The average molecular weight is 626 g/mol. The second-order valence-corrected chi connectivity index (χ2v) is 13.7. The zero-order chi connectivity index (χ0) is 31.0. The molecule has 0 unspecified atom stereocenters. The molecule has 6 heterocycles. The number of nitrogens with zero attached hydrogens (tertiary/aromatic N) is 7. The van der Waals surface area contributed by atoms with Crippen LogP contribution in [0.5, 0.6) is 0 Å². The van der Waals surface area contributed by atoms with Gasteiger partial charge in [-0.25, -0.2) is 18.3 Å². The van der Waals surface area contributed by atoms with Gasteiger partial charge in [-0.3, -0.25) is 9.48 Å². The summed E-state index contributed by atoms with van der Waals surface area (Å²) in [6.45, 7) is 6.51. The number of hydrogen-bond acceptors (Lipinski definition) is 8. The zero-order valence-corrected chi connectivity index (χ0v) is 25.9. The first-order chi connectivity index (χ1) is 21.9. The quantitative estimate of drug-likeness (QED) is 0.357. The molecule has 13 heteroatoms. The van der Waals surface area contributed by atoms with E-state index in [2.05, 4.69) is 30.7 Å². The van der Waals surface area contributed by atoms with Crippen LogP contribution < -0.4 is 15.5 Å². The summed E-state index contributed by atoms with van der Waals surface area (Å²) < 4.78 is 31.3. The van der Waals surface area contributed by atoms with E-state index in [0.717, 1.165) is 70.9 Å². The number of aliphatic hydroxyl groups excluding tert-OH is 1. The molecule has 7 rings (SSSR count). The Morgan fingerprint density at radius 3 is 2.60 bits per heavy atom. The number of fused-ring (bicyclic) bond motifs is 1. The predicted molar refractivity (Wildman–Crippen MR) is 167 cm³/mol. The number of alkyl halides is 2. The van der Waals surface area contributed by atoms with Gasteiger partial charge >= 0.3 is 0 Å². The number of rotatable bonds is 7. The summed E-state index contributed by atoms with van der Waals surface area (Å²) in [5, 5.41) is 24.8. The normalized spacial score (nSPS) is 23.7. The lowest BCUT2D eigenvalue weighted by molar-refractivity contribution is 0.0779. The molecule has 3 saturated heterocycles. The molecule has 4 aliphatic rings. The number of hydrogen-bond donors (Lipinski definition) is 3. The molecule has 45 heavy (non-hydrogen) atoms. The number of piperidine rings is 3. The highest BCUT2D eigenvalue weighted by Crippen LogP contribution is 2.45. The number of anilines is 2. The van der Waals surface area contributed by atoms with E-state index in [1.165, 1.54) is 49.2 Å². The molecule has 3 aromatic heterocycles. The van der Waals surface area contributed by atoms with Crippen molar-refractivity contribution in [3.05, 3.63) is 35.9 Å². The monoisotopic (exact) mass is 625 g/mol. The van der Waals surface area contributed by atoms with E-state index >= 15 is 0 Å². The lowest BCUT2D eigenvalue weighted by Crippen LogP contribution is -2.42. The molecule has 4 fully saturated rings. The van der Waals surface area contributed by atoms with Crippen molar-refractivity contribution < 1.29 is 18.7 Å². The van der Waals surface area contributed by atoms with Crippen molar-refractivity contribution in [2.24, 2.45) is 11.3 Å². The van der Waals surface area contributed by atoms with Gasteiger partial charge in [0.25, 0.3) is 12.3 Å². The molecule has 0 radical (unpaired) electrons. The molecule has 11 nitrogen and oxygen atoms in total. The third kappa shape index (κ3) is 6.57. The maximum absolute atomic E-state index is 14.1. The summed E-state index contributed by atoms with van der Waals surface area (Å²) in [5.41, 5.74) is 0.678. The number of aromatic nitrogens is 5. The van der Waals surface area contributed by atoms with E-state index in [1.807, 2.05) is 4.90 Å². The third-order valence-corrected chi connectivity index (χ3v) is 10.8. The van der Waals surface area contributed by atoms with E-state index < -0.39 is 24.1 Å². The highest BCUT2D eigenvalue weighted by Gasteiger charge is 2.37. The van der Waals surface area contributed by atoms with Gasteiger partial charge in [0.05, 0.1) is 24.0 Å². The zero-order valence-electron chi connectivity index (χ0n) is 25.9. The second kappa shape index (κ2) is 12.9. The Labute approximate surface area is 262 Å². The van der Waals surface area contributed by atoms with E-state index in [4.69, 9.17) is 0 Å². The molecule has 1 spiro atoms. The molecule has 3 aliphatic heterocycles. The van der Waals surface area contributed by atoms with Crippen molar-refractivity contribution in [3.8, 4) is 0 Å². The van der Waals surface area contributed by atoms with Crippen LogP contribution >= 0.6 is 0 Å². The third-order valence-electron chi connectivity index (χ3n) is 10.8. The van der Waals surface area contributed by atoms with Gasteiger partial charge in [-0.2, -0.15) is 10.2 Å². The summed E-state index contributed by atoms with van der Waals surface area (Å²) in [6, 6.07) is 1.80. The Morgan fingerprint density at radius 2 is 1.87 bits per heavy atom. The van der Waals surface area contributed by atoms with Crippen LogP contribution in [0.1, 0.15) is 92.7 Å². The van der Waals surface area contributed by atoms with Gasteiger partial charge in [0.15, 0.2) is 11.3 Å². The van der Waals surface area contributed by atoms with Crippen molar-refractivity contribution in [2.45, 2.75) is 82.8 Å². The molecule has 1 saturated carbocycles. The average Bonchev–Trinajstić information content (AvgIpc) is 3.68. The Balaban J connectivity index is 0.979. The fourth-order valence-electron chi connectivity index (χ4n) is 8.06. The maximum atomic E-state index is 14.1. The molecule has 3 N–H and O–H groups in total. The lowest BCUT2D eigenvalue weighted by Gasteiger charge is -2.44. The first-order valence-corrected chi connectivity index (χ1v) is 16.7. The minimum atomic E-state index is -2.82. The van der Waals surface area contributed by atoms with Crippen LogP contribution in [0.3, 0.4) is 0 Å². The predicted octanol–water partition coefficient (Wildman–Crippen LogP) is 4.27. The standard InChI is InChI=1S/C32H45F2N9O2/c33-29(34)28-26(37-31(45)25-18-36-42-17-7-27(38-30(25)42)41-14-1-2-24(44)20-41)21-43(39-28)23-5-15-40(16-6-23)19-22-3-8-32(9-4-22)10-12-35-13-11-32/h7,17-18,21-24,29,35,44H,1-6,8-16,19-20H2,(H,37,45)/t24-/m0/s1. The molecule has 1 amide bonds. The van der Waals surface area contributed by atoms with Gasteiger partial charge in [-0.1, -0.05) is 0 Å². The molecule has 1 aliphatic carbocycles. The SMILES string of the molecule is O=C(Nc1cn(C2CCN(CC3CCC4(CCNCC4)CC3)CC2)nc1C(F)F)c1cnn2ccc(N3CCC[C@H](O)C3)nc12. The highest BCUT2D eigenvalue weighted by molar-refractivity contribution is 6.08. The van der Waals surface area contributed by atoms with Crippen LogP contribution in [-0.4, -0.2) is 92.2 Å². The largest absolute Gasteiger partial charge is 0.391 e. The Hall–Kier alpha value is -3.16. The van der Waals surface area contributed by atoms with Crippen LogP contribution in [0, 0.1) is 11.3 Å². The molecule has 0 aromatic carbocycles. The molecule has 3 aromatic rings. The van der Waals surface area contributed by atoms with E-state index in [-0.39, 0.29) is 17.3 Å². The van der Waals surface area contributed by atoms with Crippen molar-refractivity contribution in [1.29, 1.82) is 0 Å². The highest BCUT2D eigenvalue weighted by atomic mass is 19.3. The van der Waals surface area contributed by atoms with Crippen molar-refractivity contribution in [3.63, 3.8) is 0 Å². The van der Waals surface area contributed by atoms with Crippen LogP contribution in [0.2, 0.25) is 0 Å². The number of carbonyl (C=O) groups excluding carboxylic acids is 1. The van der Waals surface area contributed by atoms with Gasteiger partial charge in [0.2, 0.25) is 0 Å². The van der Waals surface area contributed by atoms with E-state index in [9.17, 15) is 18.7 Å². The van der Waals surface area contributed by atoms with Gasteiger partial charge in [0, 0.05) is 45.1 Å². The Morgan fingerprint density at radius 1 is 1.09 bits per heavy atom. The first kappa shape index (κ1) is 30.5. The summed E-state index contributed by atoms with van der Waals surface area (Å²) in [7, 11) is 0. The van der Waals surface area contributed by atoms with Crippen LogP contribution in [-0.2, 0) is 0 Å². The Bertz CT molecular complexity index is 1470. The van der Waals surface area contributed by atoms with Crippen LogP contribution in [0.4, 0.5) is 20.3 Å². The topological polar surface area (TPSA) is 116 Å². The maximum Gasteiger partial charge on any atom is 0.284 e. The molecular weight excluding hydrogens is 580 g/mol. The van der Waals surface area contributed by atoms with Gasteiger partial charge in [-0.05, 0) is 94.7 Å². The summed E-state index contributed by atoms with van der Waals surface area (Å²) in [4.78, 5) is 22.5. The number of β-amino-alcohol motifs (C(OH)–C–C–N with tert-alkyl or cyclic N) is 1. The van der Waals surface area contributed by atoms with Gasteiger partial charge < -0.3 is 25.5 Å². The number of amides is 1. The number of aliphatic hydroxyl groups is 1. The van der Waals surface area contributed by atoms with Crippen LogP contribution in [0.25, 0.3) is 5.65 Å².